The summed E-state index contributed by atoms with van der Waals surface area (Å²) in [5.74, 6) is -0.584. The van der Waals surface area contributed by atoms with Gasteiger partial charge in [0.1, 0.15) is 0 Å². The molecule has 1 saturated heterocycles. The number of carbonyl (C=O) groups excluding carboxylic acids is 1. The second-order valence-electron chi connectivity index (χ2n) is 8.21. The van der Waals surface area contributed by atoms with Crippen LogP contribution < -0.4 is 5.32 Å². The molecule has 2 aromatic carbocycles. The van der Waals surface area contributed by atoms with Crippen LogP contribution in [0.3, 0.4) is 0 Å². The van der Waals surface area contributed by atoms with Crippen LogP contribution in [0, 0.1) is 23.0 Å². The Morgan fingerprint density at radius 1 is 1.10 bits per heavy atom. The Morgan fingerprint density at radius 3 is 2.52 bits per heavy atom. The van der Waals surface area contributed by atoms with E-state index in [0.717, 1.165) is 24.8 Å². The summed E-state index contributed by atoms with van der Waals surface area (Å²) < 4.78 is 27.5. The molecule has 164 valence electrons. The number of anilines is 1. The molecule has 2 aliphatic rings. The van der Waals surface area contributed by atoms with Crippen molar-refractivity contribution in [2.45, 2.75) is 43.9 Å². The van der Waals surface area contributed by atoms with Gasteiger partial charge in [-0.25, -0.2) is 8.42 Å². The summed E-state index contributed by atoms with van der Waals surface area (Å²) in [6.45, 7) is 2.18. The van der Waals surface area contributed by atoms with E-state index in [0.29, 0.717) is 29.0 Å². The van der Waals surface area contributed by atoms with Crippen molar-refractivity contribution in [2.24, 2.45) is 5.92 Å². The standard InChI is InChI=1S/C22H25N3O5S/c1-15-5-7-19(14-21(15)25(27)28)23-22(26)17-9-11-24(12-10-17)31(29,30)20-8-6-16-3-2-4-18(16)13-20/h5-8,13-14,17H,2-4,9-12H2,1H3,(H,23,26). The Hall–Kier alpha value is -2.78. The number of nitrogens with zero attached hydrogens (tertiary/aromatic N) is 2. The minimum Gasteiger partial charge on any atom is -0.326 e. The number of nitro groups is 1. The van der Waals surface area contributed by atoms with E-state index in [4.69, 9.17) is 0 Å². The number of amides is 1. The van der Waals surface area contributed by atoms with Gasteiger partial charge in [0.2, 0.25) is 15.9 Å². The van der Waals surface area contributed by atoms with E-state index >= 15 is 0 Å². The molecule has 0 aromatic heterocycles. The predicted molar refractivity (Wildman–Crippen MR) is 116 cm³/mol. The fourth-order valence-electron chi connectivity index (χ4n) is 4.34. The van der Waals surface area contributed by atoms with Crippen LogP contribution in [-0.2, 0) is 27.7 Å². The molecule has 0 spiro atoms. The zero-order valence-electron chi connectivity index (χ0n) is 17.3. The first kappa shape index (κ1) is 21.5. The van der Waals surface area contributed by atoms with Crippen LogP contribution in [0.1, 0.15) is 36.0 Å². The average molecular weight is 444 g/mol. The molecule has 1 aliphatic carbocycles. The smallest absolute Gasteiger partial charge is 0.274 e. The third-order valence-corrected chi connectivity index (χ3v) is 8.10. The topological polar surface area (TPSA) is 110 Å². The van der Waals surface area contributed by atoms with Crippen molar-refractivity contribution in [1.29, 1.82) is 0 Å². The van der Waals surface area contributed by atoms with Crippen molar-refractivity contribution in [2.75, 3.05) is 18.4 Å². The Kier molecular flexibility index (Phi) is 5.81. The molecule has 1 amide bonds. The minimum absolute atomic E-state index is 0.0481. The lowest BCUT2D eigenvalue weighted by Gasteiger charge is -2.30. The second kappa shape index (κ2) is 8.39. The second-order valence-corrected chi connectivity index (χ2v) is 10.1. The van der Waals surface area contributed by atoms with Gasteiger partial charge in [0.05, 0.1) is 9.82 Å². The molecule has 1 heterocycles. The number of nitrogens with one attached hydrogen (secondary N) is 1. The maximum absolute atomic E-state index is 13.0. The first-order valence-corrected chi connectivity index (χ1v) is 11.9. The van der Waals surface area contributed by atoms with Gasteiger partial charge in [-0.2, -0.15) is 4.31 Å². The molecular formula is C22H25N3O5S. The van der Waals surface area contributed by atoms with Crippen LogP contribution in [0.15, 0.2) is 41.3 Å². The first-order valence-electron chi connectivity index (χ1n) is 10.4. The molecule has 0 unspecified atom stereocenters. The summed E-state index contributed by atoms with van der Waals surface area (Å²) in [4.78, 5) is 23.6. The van der Waals surface area contributed by atoms with Gasteiger partial charge in [0.15, 0.2) is 0 Å². The lowest BCUT2D eigenvalue weighted by molar-refractivity contribution is -0.385. The van der Waals surface area contributed by atoms with E-state index in [-0.39, 0.29) is 30.6 Å². The molecule has 1 N–H and O–H groups in total. The Labute approximate surface area is 181 Å². The van der Waals surface area contributed by atoms with Crippen LogP contribution in [0.25, 0.3) is 0 Å². The molecule has 1 fully saturated rings. The highest BCUT2D eigenvalue weighted by molar-refractivity contribution is 7.89. The lowest BCUT2D eigenvalue weighted by Crippen LogP contribution is -2.41. The number of nitro benzene ring substituents is 1. The largest absolute Gasteiger partial charge is 0.326 e. The summed E-state index contributed by atoms with van der Waals surface area (Å²) in [5, 5.41) is 13.8. The zero-order valence-corrected chi connectivity index (χ0v) is 18.2. The average Bonchev–Trinajstić information content (AvgIpc) is 3.23. The van der Waals surface area contributed by atoms with Crippen molar-refractivity contribution < 1.29 is 18.1 Å². The number of carbonyl (C=O) groups is 1. The molecule has 9 heteroatoms. The number of aryl methyl sites for hydroxylation is 3. The summed E-state index contributed by atoms with van der Waals surface area (Å²) >= 11 is 0. The van der Waals surface area contributed by atoms with Crippen molar-refractivity contribution >= 4 is 27.3 Å². The number of benzene rings is 2. The highest BCUT2D eigenvalue weighted by Gasteiger charge is 2.32. The van der Waals surface area contributed by atoms with Gasteiger partial charge in [0, 0.05) is 36.3 Å². The highest BCUT2D eigenvalue weighted by atomic mass is 32.2. The molecule has 0 radical (unpaired) electrons. The highest BCUT2D eigenvalue weighted by Crippen LogP contribution is 2.29. The fourth-order valence-corrected chi connectivity index (χ4v) is 5.87. The van der Waals surface area contributed by atoms with Crippen LogP contribution in [0.5, 0.6) is 0 Å². The van der Waals surface area contributed by atoms with E-state index in [9.17, 15) is 23.3 Å². The molecule has 0 saturated carbocycles. The number of piperidine rings is 1. The van der Waals surface area contributed by atoms with Gasteiger partial charge in [-0.3, -0.25) is 14.9 Å². The summed E-state index contributed by atoms with van der Waals surface area (Å²) in [6.07, 6.45) is 3.79. The zero-order chi connectivity index (χ0) is 22.2. The Balaban J connectivity index is 1.40. The Morgan fingerprint density at radius 2 is 1.81 bits per heavy atom. The first-order chi connectivity index (χ1) is 14.8. The molecule has 2 aromatic rings. The quantitative estimate of drug-likeness (QED) is 0.562. The van der Waals surface area contributed by atoms with E-state index in [1.807, 2.05) is 6.07 Å². The van der Waals surface area contributed by atoms with E-state index in [2.05, 4.69) is 5.32 Å². The molecule has 0 bridgehead atoms. The van der Waals surface area contributed by atoms with Crippen LogP contribution >= 0.6 is 0 Å². The van der Waals surface area contributed by atoms with E-state index in [1.165, 1.54) is 15.9 Å². The number of rotatable bonds is 5. The van der Waals surface area contributed by atoms with E-state index < -0.39 is 14.9 Å². The fraction of sp³-hybridized carbons (Fsp3) is 0.409. The van der Waals surface area contributed by atoms with Crippen molar-refractivity contribution in [1.82, 2.24) is 4.31 Å². The van der Waals surface area contributed by atoms with Crippen molar-refractivity contribution in [3.05, 3.63) is 63.2 Å². The Bertz CT molecular complexity index is 1140. The number of hydrogen-bond donors (Lipinski definition) is 1. The molecule has 1 aliphatic heterocycles. The van der Waals surface area contributed by atoms with Crippen LogP contribution in [0.4, 0.5) is 11.4 Å². The molecule has 4 rings (SSSR count). The van der Waals surface area contributed by atoms with Gasteiger partial charge in [0.25, 0.3) is 5.69 Å². The van der Waals surface area contributed by atoms with Gasteiger partial charge >= 0.3 is 0 Å². The summed E-state index contributed by atoms with van der Waals surface area (Å²) in [5.41, 5.74) is 3.19. The van der Waals surface area contributed by atoms with Gasteiger partial charge < -0.3 is 5.32 Å². The molecule has 0 atom stereocenters. The van der Waals surface area contributed by atoms with E-state index in [1.54, 1.807) is 31.2 Å². The molecule has 8 nitrogen and oxygen atoms in total. The van der Waals surface area contributed by atoms with Gasteiger partial charge in [-0.1, -0.05) is 12.1 Å². The monoisotopic (exact) mass is 443 g/mol. The number of hydrogen-bond acceptors (Lipinski definition) is 5. The van der Waals surface area contributed by atoms with Gasteiger partial charge in [-0.15, -0.1) is 0 Å². The third kappa shape index (κ3) is 4.33. The van der Waals surface area contributed by atoms with Crippen molar-refractivity contribution in [3.63, 3.8) is 0 Å². The minimum atomic E-state index is -3.58. The SMILES string of the molecule is Cc1ccc(NC(=O)C2CCN(S(=O)(=O)c3ccc4c(c3)CCC4)CC2)cc1[N+](=O)[O-]. The normalized spacial score (nSPS) is 17.3. The van der Waals surface area contributed by atoms with Crippen LogP contribution in [-0.4, -0.2) is 36.6 Å². The maximum Gasteiger partial charge on any atom is 0.274 e. The van der Waals surface area contributed by atoms with Crippen molar-refractivity contribution in [3.8, 4) is 0 Å². The number of fused-ring (bicyclic) bond motifs is 1. The van der Waals surface area contributed by atoms with Gasteiger partial charge in [-0.05, 0) is 68.4 Å². The third-order valence-electron chi connectivity index (χ3n) is 6.21. The maximum atomic E-state index is 13.0. The molecular weight excluding hydrogens is 418 g/mol. The number of sulfonamides is 1. The van der Waals surface area contributed by atoms with Crippen LogP contribution in [0.2, 0.25) is 0 Å². The lowest BCUT2D eigenvalue weighted by atomic mass is 9.97. The summed E-state index contributed by atoms with van der Waals surface area (Å²) in [6, 6.07) is 9.97. The summed E-state index contributed by atoms with van der Waals surface area (Å²) in [7, 11) is -3.58. The predicted octanol–water partition coefficient (Wildman–Crippen LogP) is 3.43. The molecule has 31 heavy (non-hydrogen) atoms.